The van der Waals surface area contributed by atoms with Crippen LogP contribution in [-0.4, -0.2) is 17.6 Å². The molecule has 3 N–H and O–H groups in total. The quantitative estimate of drug-likeness (QED) is 0.872. The molecule has 0 spiro atoms. The summed E-state index contributed by atoms with van der Waals surface area (Å²) in [4.78, 5) is 23.1. The van der Waals surface area contributed by atoms with Crippen LogP contribution in [0.5, 0.6) is 5.75 Å². The molecular weight excluding hydrogens is 258 g/mol. The van der Waals surface area contributed by atoms with E-state index in [0.717, 1.165) is 0 Å². The lowest BCUT2D eigenvalue weighted by Gasteiger charge is -2.09. The molecule has 0 fully saturated rings. The van der Waals surface area contributed by atoms with E-state index in [9.17, 15) is 9.59 Å². The van der Waals surface area contributed by atoms with E-state index in [0.29, 0.717) is 11.4 Å². The van der Waals surface area contributed by atoms with Crippen molar-refractivity contribution < 1.29 is 9.53 Å². The number of rotatable bonds is 4. The zero-order valence-electron chi connectivity index (χ0n) is 11.0. The van der Waals surface area contributed by atoms with Gasteiger partial charge in [0.25, 0.3) is 0 Å². The number of aromatic nitrogens is 1. The van der Waals surface area contributed by atoms with Gasteiger partial charge in [0.05, 0.1) is 12.8 Å². The van der Waals surface area contributed by atoms with Crippen LogP contribution in [0, 0.1) is 0 Å². The average molecular weight is 273 g/mol. The third-order valence-corrected chi connectivity index (χ3v) is 2.69. The summed E-state index contributed by atoms with van der Waals surface area (Å²) in [6, 6.07) is 8.38. The Morgan fingerprint density at radius 1 is 1.40 bits per heavy atom. The summed E-state index contributed by atoms with van der Waals surface area (Å²) in [6.07, 6.45) is 2.96. The van der Waals surface area contributed by atoms with E-state index in [-0.39, 0.29) is 23.6 Å². The third kappa shape index (κ3) is 3.38. The molecular formula is C14H15N3O3. The molecule has 0 atom stereocenters. The van der Waals surface area contributed by atoms with Crippen LogP contribution >= 0.6 is 0 Å². The number of carbonyl (C=O) groups excluding carboxylic acids is 1. The van der Waals surface area contributed by atoms with Gasteiger partial charge < -0.3 is 20.4 Å². The first-order valence-corrected chi connectivity index (χ1v) is 5.98. The highest BCUT2D eigenvalue weighted by molar-refractivity contribution is 5.90. The van der Waals surface area contributed by atoms with E-state index in [4.69, 9.17) is 10.5 Å². The highest BCUT2D eigenvalue weighted by atomic mass is 16.5. The number of nitrogens with two attached hydrogens (primary N) is 1. The average Bonchev–Trinajstić information content (AvgIpc) is 2.43. The summed E-state index contributed by atoms with van der Waals surface area (Å²) in [7, 11) is 1.56. The second-order valence-electron chi connectivity index (χ2n) is 4.22. The lowest BCUT2D eigenvalue weighted by Crippen LogP contribution is -2.20. The SMILES string of the molecule is COc1cccc(NC(=O)Cn2ccc(=O)c(N)c2)c1. The molecule has 0 radical (unpaired) electrons. The second kappa shape index (κ2) is 5.92. The molecule has 0 saturated heterocycles. The second-order valence-corrected chi connectivity index (χ2v) is 4.22. The summed E-state index contributed by atoms with van der Waals surface area (Å²) in [5.74, 6) is 0.441. The summed E-state index contributed by atoms with van der Waals surface area (Å²) >= 11 is 0. The van der Waals surface area contributed by atoms with E-state index in [2.05, 4.69) is 5.32 Å². The molecule has 6 heteroatoms. The van der Waals surface area contributed by atoms with Gasteiger partial charge in [-0.05, 0) is 12.1 Å². The fourth-order valence-electron chi connectivity index (χ4n) is 1.71. The maximum absolute atomic E-state index is 11.9. The Morgan fingerprint density at radius 2 is 2.20 bits per heavy atom. The van der Waals surface area contributed by atoms with Crippen molar-refractivity contribution in [3.05, 3.63) is 52.9 Å². The minimum atomic E-state index is -0.255. The number of nitrogens with zero attached hydrogens (tertiary/aromatic N) is 1. The van der Waals surface area contributed by atoms with Crippen LogP contribution in [-0.2, 0) is 11.3 Å². The number of benzene rings is 1. The minimum Gasteiger partial charge on any atom is -0.497 e. The molecule has 6 nitrogen and oxygen atoms in total. The number of pyridine rings is 1. The zero-order valence-corrected chi connectivity index (χ0v) is 11.0. The van der Waals surface area contributed by atoms with Crippen LogP contribution in [0.25, 0.3) is 0 Å². The lowest BCUT2D eigenvalue weighted by molar-refractivity contribution is -0.116. The van der Waals surface area contributed by atoms with Crippen molar-refractivity contribution in [1.82, 2.24) is 4.57 Å². The number of amides is 1. The summed E-state index contributed by atoms with van der Waals surface area (Å²) in [5, 5.41) is 2.74. The van der Waals surface area contributed by atoms with E-state index >= 15 is 0 Å². The molecule has 1 amide bonds. The largest absolute Gasteiger partial charge is 0.497 e. The molecule has 20 heavy (non-hydrogen) atoms. The normalized spacial score (nSPS) is 10.1. The van der Waals surface area contributed by atoms with Crippen molar-refractivity contribution in [3.8, 4) is 5.75 Å². The molecule has 1 aromatic heterocycles. The summed E-state index contributed by atoms with van der Waals surface area (Å²) < 4.78 is 6.62. The molecule has 104 valence electrons. The number of hydrogen-bond donors (Lipinski definition) is 2. The highest BCUT2D eigenvalue weighted by Crippen LogP contribution is 2.16. The van der Waals surface area contributed by atoms with Crippen molar-refractivity contribution >= 4 is 17.3 Å². The number of hydrogen-bond acceptors (Lipinski definition) is 4. The van der Waals surface area contributed by atoms with Gasteiger partial charge >= 0.3 is 0 Å². The summed E-state index contributed by atoms with van der Waals surface area (Å²) in [5.41, 5.74) is 6.00. The number of ether oxygens (including phenoxy) is 1. The van der Waals surface area contributed by atoms with Crippen molar-refractivity contribution in [2.45, 2.75) is 6.54 Å². The Kier molecular flexibility index (Phi) is 4.05. The van der Waals surface area contributed by atoms with Gasteiger partial charge in [0.2, 0.25) is 11.3 Å². The highest BCUT2D eigenvalue weighted by Gasteiger charge is 2.04. The minimum absolute atomic E-state index is 0.0711. The Balaban J connectivity index is 2.04. The van der Waals surface area contributed by atoms with Gasteiger partial charge in [-0.25, -0.2) is 0 Å². The van der Waals surface area contributed by atoms with Crippen molar-refractivity contribution in [3.63, 3.8) is 0 Å². The molecule has 2 aromatic rings. The molecule has 0 bridgehead atoms. The number of methoxy groups -OCH3 is 1. The number of anilines is 2. The van der Waals surface area contributed by atoms with Crippen LogP contribution in [0.3, 0.4) is 0 Å². The van der Waals surface area contributed by atoms with E-state index in [1.165, 1.54) is 18.5 Å². The first kappa shape index (κ1) is 13.7. The van der Waals surface area contributed by atoms with E-state index in [1.807, 2.05) is 0 Å². The van der Waals surface area contributed by atoms with Crippen molar-refractivity contribution in [2.75, 3.05) is 18.2 Å². The van der Waals surface area contributed by atoms with Crippen LogP contribution in [0.1, 0.15) is 0 Å². The molecule has 0 unspecified atom stereocenters. The van der Waals surface area contributed by atoms with Gasteiger partial charge in [-0.2, -0.15) is 0 Å². The topological polar surface area (TPSA) is 86.3 Å². The molecule has 1 aromatic carbocycles. The van der Waals surface area contributed by atoms with Gasteiger partial charge in [-0.15, -0.1) is 0 Å². The number of nitrogen functional groups attached to an aromatic ring is 1. The Hall–Kier alpha value is -2.76. The van der Waals surface area contributed by atoms with Crippen LogP contribution in [0.2, 0.25) is 0 Å². The molecule has 0 aliphatic heterocycles. The zero-order chi connectivity index (χ0) is 14.5. The van der Waals surface area contributed by atoms with Crippen LogP contribution in [0.4, 0.5) is 11.4 Å². The van der Waals surface area contributed by atoms with Crippen LogP contribution < -0.4 is 21.2 Å². The van der Waals surface area contributed by atoms with E-state index in [1.54, 1.807) is 35.9 Å². The Bertz CT molecular complexity index is 679. The third-order valence-electron chi connectivity index (χ3n) is 2.69. The molecule has 2 rings (SSSR count). The molecule has 0 aliphatic carbocycles. The van der Waals surface area contributed by atoms with Gasteiger partial charge in [0.15, 0.2) is 0 Å². The Morgan fingerprint density at radius 3 is 2.90 bits per heavy atom. The van der Waals surface area contributed by atoms with E-state index < -0.39 is 0 Å². The fraction of sp³-hybridized carbons (Fsp3) is 0.143. The first-order chi connectivity index (χ1) is 9.58. The monoisotopic (exact) mass is 273 g/mol. The lowest BCUT2D eigenvalue weighted by atomic mass is 10.3. The predicted octanol–water partition coefficient (Wildman–Crippen LogP) is 1.08. The van der Waals surface area contributed by atoms with Crippen LogP contribution in [0.15, 0.2) is 47.5 Å². The first-order valence-electron chi connectivity index (χ1n) is 5.98. The van der Waals surface area contributed by atoms with Gasteiger partial charge in [-0.3, -0.25) is 9.59 Å². The van der Waals surface area contributed by atoms with Gasteiger partial charge in [0, 0.05) is 30.2 Å². The smallest absolute Gasteiger partial charge is 0.244 e. The maximum atomic E-state index is 11.9. The summed E-state index contributed by atoms with van der Waals surface area (Å²) in [6.45, 7) is 0.0711. The van der Waals surface area contributed by atoms with Gasteiger partial charge in [-0.1, -0.05) is 6.07 Å². The fourth-order valence-corrected chi connectivity index (χ4v) is 1.71. The Labute approximate surface area is 115 Å². The number of nitrogens with one attached hydrogen (secondary N) is 1. The van der Waals surface area contributed by atoms with Gasteiger partial charge in [0.1, 0.15) is 12.3 Å². The maximum Gasteiger partial charge on any atom is 0.244 e. The molecule has 0 aliphatic rings. The van der Waals surface area contributed by atoms with Crippen molar-refractivity contribution in [2.24, 2.45) is 0 Å². The molecule has 0 saturated carbocycles. The van der Waals surface area contributed by atoms with Crippen molar-refractivity contribution in [1.29, 1.82) is 0 Å². The number of carbonyl (C=O) groups is 1. The predicted molar refractivity (Wildman–Crippen MR) is 76.7 cm³/mol. The molecule has 1 heterocycles. The standard InChI is InChI=1S/C14H15N3O3/c1-20-11-4-2-3-10(7-11)16-14(19)9-17-6-5-13(18)12(15)8-17/h2-8H,9,15H2,1H3,(H,16,19).